The molecule has 0 saturated carbocycles. The van der Waals surface area contributed by atoms with Gasteiger partial charge in [-0.25, -0.2) is 8.78 Å². The van der Waals surface area contributed by atoms with Gasteiger partial charge in [0, 0.05) is 6.42 Å². The zero-order valence-electron chi connectivity index (χ0n) is 11.9. The van der Waals surface area contributed by atoms with Crippen molar-refractivity contribution in [3.8, 4) is 0 Å². The second-order valence-corrected chi connectivity index (χ2v) is 5.98. The van der Waals surface area contributed by atoms with E-state index in [-0.39, 0.29) is 0 Å². The molecule has 0 aromatic heterocycles. The Morgan fingerprint density at radius 2 is 1.90 bits per heavy atom. The number of rotatable bonds is 2. The Kier molecular flexibility index (Phi) is 3.54. The number of fused-ring (bicyclic) bond motifs is 1. The number of hydrogen-bond acceptors (Lipinski definition) is 1. The van der Waals surface area contributed by atoms with E-state index in [1.165, 1.54) is 12.1 Å². The van der Waals surface area contributed by atoms with Gasteiger partial charge in [-0.3, -0.25) is 0 Å². The first-order valence-electron chi connectivity index (χ1n) is 7.25. The summed E-state index contributed by atoms with van der Waals surface area (Å²) in [5.74, 6) is -1.32. The minimum atomic E-state index is -1.01. The number of aliphatic hydroxyl groups is 1. The van der Waals surface area contributed by atoms with E-state index in [0.29, 0.717) is 24.3 Å². The molecule has 0 amide bonds. The van der Waals surface area contributed by atoms with Crippen LogP contribution in [0.2, 0.25) is 0 Å². The van der Waals surface area contributed by atoms with Crippen LogP contribution in [0.25, 0.3) is 0 Å². The van der Waals surface area contributed by atoms with Crippen LogP contribution in [0, 0.1) is 11.6 Å². The van der Waals surface area contributed by atoms with E-state index < -0.39 is 17.2 Å². The molecule has 0 radical (unpaired) electrons. The summed E-state index contributed by atoms with van der Waals surface area (Å²) >= 11 is 0. The molecule has 1 aliphatic rings. The molecule has 3 rings (SSSR count). The molecular formula is C18H18F2O. The lowest BCUT2D eigenvalue weighted by molar-refractivity contribution is 0.0158. The maximum Gasteiger partial charge on any atom is 0.159 e. The fraction of sp³-hybridized carbons (Fsp3) is 0.333. The van der Waals surface area contributed by atoms with Gasteiger partial charge in [-0.15, -0.1) is 0 Å². The normalized spacial score (nSPS) is 24.7. The molecule has 0 fully saturated rings. The molecule has 2 unspecified atom stereocenters. The Labute approximate surface area is 123 Å². The zero-order valence-corrected chi connectivity index (χ0v) is 11.9. The SMILES string of the molecule is CC1CCC(O)(Cc2ccc(F)c(F)c2)c2ccccc21. The minimum absolute atomic E-state index is 0.300. The van der Waals surface area contributed by atoms with Crippen LogP contribution in [0.1, 0.15) is 42.4 Å². The van der Waals surface area contributed by atoms with Crippen molar-refractivity contribution in [1.82, 2.24) is 0 Å². The summed E-state index contributed by atoms with van der Waals surface area (Å²) in [5, 5.41) is 11.0. The smallest absolute Gasteiger partial charge is 0.159 e. The highest BCUT2D eigenvalue weighted by Gasteiger charge is 2.36. The van der Waals surface area contributed by atoms with E-state index >= 15 is 0 Å². The van der Waals surface area contributed by atoms with Crippen LogP contribution in [0.5, 0.6) is 0 Å². The lowest BCUT2D eigenvalue weighted by Crippen LogP contribution is -2.34. The molecule has 0 aliphatic heterocycles. The first-order valence-corrected chi connectivity index (χ1v) is 7.25. The number of benzene rings is 2. The third-order valence-corrected chi connectivity index (χ3v) is 4.46. The molecular weight excluding hydrogens is 270 g/mol. The van der Waals surface area contributed by atoms with E-state index in [2.05, 4.69) is 6.92 Å². The molecule has 0 bridgehead atoms. The Morgan fingerprint density at radius 1 is 1.14 bits per heavy atom. The van der Waals surface area contributed by atoms with Gasteiger partial charge in [0.1, 0.15) is 0 Å². The standard InChI is InChI=1S/C18H18F2O/c1-12-8-9-18(21,15-5-3-2-4-14(12)15)11-13-6-7-16(19)17(20)10-13/h2-7,10,12,21H,8-9,11H2,1H3. The van der Waals surface area contributed by atoms with E-state index in [1.807, 2.05) is 24.3 Å². The Bertz CT molecular complexity index is 668. The molecule has 2 aromatic rings. The molecule has 1 N–H and O–H groups in total. The van der Waals surface area contributed by atoms with Crippen LogP contribution < -0.4 is 0 Å². The fourth-order valence-electron chi connectivity index (χ4n) is 3.27. The van der Waals surface area contributed by atoms with Crippen molar-refractivity contribution in [3.05, 3.63) is 70.8 Å². The molecule has 1 aliphatic carbocycles. The molecule has 0 spiro atoms. The maximum absolute atomic E-state index is 13.4. The van der Waals surface area contributed by atoms with Crippen LogP contribution in [0.15, 0.2) is 42.5 Å². The van der Waals surface area contributed by atoms with Gasteiger partial charge in [-0.1, -0.05) is 37.3 Å². The highest BCUT2D eigenvalue weighted by molar-refractivity contribution is 5.38. The van der Waals surface area contributed by atoms with Gasteiger partial charge in [0.05, 0.1) is 5.60 Å². The summed E-state index contributed by atoms with van der Waals surface area (Å²) in [6.07, 6.45) is 1.81. The van der Waals surface area contributed by atoms with Crippen molar-refractivity contribution >= 4 is 0 Å². The van der Waals surface area contributed by atoms with Crippen LogP contribution in [0.4, 0.5) is 8.78 Å². The van der Waals surface area contributed by atoms with Gasteiger partial charge >= 0.3 is 0 Å². The first kappa shape index (κ1) is 14.2. The van der Waals surface area contributed by atoms with E-state index in [9.17, 15) is 13.9 Å². The van der Waals surface area contributed by atoms with Crippen molar-refractivity contribution in [3.63, 3.8) is 0 Å². The van der Waals surface area contributed by atoms with Gasteiger partial charge in [-0.05, 0) is 47.6 Å². The van der Waals surface area contributed by atoms with Gasteiger partial charge in [0.25, 0.3) is 0 Å². The van der Waals surface area contributed by atoms with E-state index in [0.717, 1.165) is 23.6 Å². The van der Waals surface area contributed by atoms with Gasteiger partial charge in [0.2, 0.25) is 0 Å². The molecule has 1 nitrogen and oxygen atoms in total. The molecule has 2 aromatic carbocycles. The topological polar surface area (TPSA) is 20.2 Å². The third kappa shape index (κ3) is 2.58. The fourth-order valence-corrected chi connectivity index (χ4v) is 3.27. The lowest BCUT2D eigenvalue weighted by atomic mass is 9.72. The minimum Gasteiger partial charge on any atom is -0.385 e. The molecule has 110 valence electrons. The quantitative estimate of drug-likeness (QED) is 0.874. The largest absolute Gasteiger partial charge is 0.385 e. The van der Waals surface area contributed by atoms with Crippen LogP contribution in [-0.2, 0) is 12.0 Å². The summed E-state index contributed by atoms with van der Waals surface area (Å²) in [4.78, 5) is 0. The maximum atomic E-state index is 13.4. The highest BCUT2D eigenvalue weighted by atomic mass is 19.2. The van der Waals surface area contributed by atoms with Crippen LogP contribution in [-0.4, -0.2) is 5.11 Å². The molecule has 0 saturated heterocycles. The second kappa shape index (κ2) is 5.23. The Balaban J connectivity index is 1.97. The summed E-state index contributed by atoms with van der Waals surface area (Å²) in [5.41, 5.74) is 1.66. The summed E-state index contributed by atoms with van der Waals surface area (Å²) in [7, 11) is 0. The van der Waals surface area contributed by atoms with Crippen molar-refractivity contribution in [2.45, 2.75) is 37.7 Å². The monoisotopic (exact) mass is 288 g/mol. The molecule has 3 heteroatoms. The molecule has 21 heavy (non-hydrogen) atoms. The second-order valence-electron chi connectivity index (χ2n) is 5.98. The van der Waals surface area contributed by atoms with Gasteiger partial charge in [-0.2, -0.15) is 0 Å². The predicted molar refractivity (Wildman–Crippen MR) is 78.0 cm³/mol. The van der Waals surface area contributed by atoms with Crippen molar-refractivity contribution in [2.24, 2.45) is 0 Å². The lowest BCUT2D eigenvalue weighted by Gasteiger charge is -2.37. The summed E-state index contributed by atoms with van der Waals surface area (Å²) in [6.45, 7) is 2.15. The molecule has 0 heterocycles. The predicted octanol–water partition coefficient (Wildman–Crippen LogP) is 4.29. The van der Waals surface area contributed by atoms with E-state index in [4.69, 9.17) is 0 Å². The Morgan fingerprint density at radius 3 is 2.67 bits per heavy atom. The molecule has 2 atom stereocenters. The summed E-state index contributed by atoms with van der Waals surface area (Å²) < 4.78 is 26.4. The number of hydrogen-bond donors (Lipinski definition) is 1. The van der Waals surface area contributed by atoms with Crippen molar-refractivity contribution < 1.29 is 13.9 Å². The van der Waals surface area contributed by atoms with Crippen LogP contribution >= 0.6 is 0 Å². The average molecular weight is 288 g/mol. The average Bonchev–Trinajstić information content (AvgIpc) is 2.48. The van der Waals surface area contributed by atoms with Gasteiger partial charge in [0.15, 0.2) is 11.6 Å². The highest BCUT2D eigenvalue weighted by Crippen LogP contribution is 2.42. The van der Waals surface area contributed by atoms with Crippen molar-refractivity contribution in [1.29, 1.82) is 0 Å². The van der Waals surface area contributed by atoms with Crippen LogP contribution in [0.3, 0.4) is 0 Å². The summed E-state index contributed by atoms with van der Waals surface area (Å²) in [6, 6.07) is 11.7. The van der Waals surface area contributed by atoms with Gasteiger partial charge < -0.3 is 5.11 Å². The zero-order chi connectivity index (χ0) is 15.0. The third-order valence-electron chi connectivity index (χ3n) is 4.46. The van der Waals surface area contributed by atoms with Crippen molar-refractivity contribution in [2.75, 3.05) is 0 Å². The van der Waals surface area contributed by atoms with E-state index in [1.54, 1.807) is 0 Å². The first-order chi connectivity index (χ1) is 9.99. The number of halogens is 2. The Hall–Kier alpha value is -1.74.